The largest absolute Gasteiger partial charge is 0.329 e. The summed E-state index contributed by atoms with van der Waals surface area (Å²) in [4.78, 5) is -0.702. The van der Waals surface area contributed by atoms with Crippen LogP contribution in [0.3, 0.4) is 0 Å². The number of hydrogen-bond donors (Lipinski definition) is 2. The van der Waals surface area contributed by atoms with Crippen molar-refractivity contribution in [3.05, 3.63) is 28.2 Å². The minimum absolute atomic E-state index is 0. The highest BCUT2D eigenvalue weighted by Gasteiger charge is 2.34. The number of halogens is 4. The van der Waals surface area contributed by atoms with Crippen LogP contribution in [0.4, 0.5) is 8.78 Å². The van der Waals surface area contributed by atoms with Gasteiger partial charge in [0.1, 0.15) is 16.5 Å². The van der Waals surface area contributed by atoms with E-state index in [-0.39, 0.29) is 29.3 Å². The summed E-state index contributed by atoms with van der Waals surface area (Å²) in [5, 5.41) is 0. The molecule has 0 aliphatic heterocycles. The molecule has 1 aromatic rings. The van der Waals surface area contributed by atoms with Crippen LogP contribution in [0.5, 0.6) is 0 Å². The van der Waals surface area contributed by atoms with Gasteiger partial charge in [0, 0.05) is 12.6 Å². The second-order valence-electron chi connectivity index (χ2n) is 4.50. The van der Waals surface area contributed by atoms with Gasteiger partial charge < -0.3 is 5.73 Å². The van der Waals surface area contributed by atoms with Crippen LogP contribution < -0.4 is 10.5 Å². The Labute approximate surface area is 130 Å². The Kier molecular flexibility index (Phi) is 5.91. The highest BCUT2D eigenvalue weighted by molar-refractivity contribution is 9.10. The normalized spacial score (nSPS) is 16.6. The Bertz CT molecular complexity index is 596. The van der Waals surface area contributed by atoms with Crippen molar-refractivity contribution in [1.82, 2.24) is 4.72 Å². The van der Waals surface area contributed by atoms with Crippen molar-refractivity contribution >= 4 is 38.4 Å². The van der Waals surface area contributed by atoms with Crippen molar-refractivity contribution in [2.24, 2.45) is 11.7 Å². The second-order valence-corrected chi connectivity index (χ2v) is 7.03. The Morgan fingerprint density at radius 3 is 2.45 bits per heavy atom. The molecule has 1 unspecified atom stereocenters. The zero-order valence-corrected chi connectivity index (χ0v) is 13.5. The number of nitrogens with one attached hydrogen (secondary N) is 1. The zero-order chi connectivity index (χ0) is 14.2. The van der Waals surface area contributed by atoms with Gasteiger partial charge >= 0.3 is 0 Å². The van der Waals surface area contributed by atoms with E-state index < -0.39 is 32.6 Å². The maximum atomic E-state index is 13.7. The van der Waals surface area contributed by atoms with Gasteiger partial charge in [0.05, 0.1) is 4.47 Å². The van der Waals surface area contributed by atoms with Crippen LogP contribution in [0.15, 0.2) is 21.5 Å². The van der Waals surface area contributed by atoms with Gasteiger partial charge in [0.2, 0.25) is 10.0 Å². The molecule has 1 aromatic carbocycles. The first-order valence-corrected chi connectivity index (χ1v) is 7.99. The van der Waals surface area contributed by atoms with Gasteiger partial charge in [-0.15, -0.1) is 12.4 Å². The predicted octanol–water partition coefficient (Wildman–Crippen LogP) is 2.16. The Morgan fingerprint density at radius 2 is 1.95 bits per heavy atom. The molecule has 2 rings (SSSR count). The molecule has 1 saturated carbocycles. The minimum atomic E-state index is -4.11. The van der Waals surface area contributed by atoms with E-state index >= 15 is 0 Å². The third-order valence-corrected chi connectivity index (χ3v) is 5.13. The monoisotopic (exact) mass is 390 g/mol. The number of sulfonamides is 1. The summed E-state index contributed by atoms with van der Waals surface area (Å²) >= 11 is 2.79. The van der Waals surface area contributed by atoms with E-state index in [9.17, 15) is 17.2 Å². The summed E-state index contributed by atoms with van der Waals surface area (Å²) in [5.74, 6) is -1.66. The first kappa shape index (κ1) is 17.8. The van der Waals surface area contributed by atoms with E-state index in [0.29, 0.717) is 6.07 Å². The molecule has 0 heterocycles. The zero-order valence-electron chi connectivity index (χ0n) is 10.3. The minimum Gasteiger partial charge on any atom is -0.329 e. The lowest BCUT2D eigenvalue weighted by Gasteiger charge is -2.16. The topological polar surface area (TPSA) is 72.2 Å². The molecule has 4 nitrogen and oxygen atoms in total. The summed E-state index contributed by atoms with van der Waals surface area (Å²) < 4.78 is 53.3. The lowest BCUT2D eigenvalue weighted by molar-refractivity contribution is 0.507. The maximum Gasteiger partial charge on any atom is 0.243 e. The van der Waals surface area contributed by atoms with Gasteiger partial charge in [-0.25, -0.2) is 21.9 Å². The van der Waals surface area contributed by atoms with Crippen LogP contribution in [0, 0.1) is 17.6 Å². The number of nitrogens with two attached hydrogens (primary N) is 1. The first-order chi connectivity index (χ1) is 8.85. The molecular weight excluding hydrogens is 378 g/mol. The lowest BCUT2D eigenvalue weighted by atomic mass is 10.2. The molecule has 20 heavy (non-hydrogen) atoms. The molecule has 1 atom stereocenters. The molecule has 114 valence electrons. The van der Waals surface area contributed by atoms with Crippen LogP contribution in [-0.4, -0.2) is 21.0 Å². The SMILES string of the molecule is Cl.NCC(NS(=O)(=O)c1cc(F)c(Br)cc1F)C1CC1. The van der Waals surface area contributed by atoms with E-state index in [2.05, 4.69) is 20.7 Å². The third-order valence-electron chi connectivity index (χ3n) is 3.02. The fourth-order valence-corrected chi connectivity index (χ4v) is 3.51. The molecule has 0 radical (unpaired) electrons. The summed E-state index contributed by atoms with van der Waals surface area (Å²) in [6.07, 6.45) is 1.78. The summed E-state index contributed by atoms with van der Waals surface area (Å²) in [6, 6.07) is 1.01. The molecule has 1 aliphatic carbocycles. The molecule has 0 amide bonds. The standard InChI is InChI=1S/C11H13BrF2N2O2S.ClH/c12-7-3-9(14)11(4-8(7)13)19(17,18)16-10(5-15)6-1-2-6;/h3-4,6,10,16H,1-2,5,15H2;1H. The van der Waals surface area contributed by atoms with Crippen LogP contribution in [0.2, 0.25) is 0 Å². The van der Waals surface area contributed by atoms with Gasteiger partial charge in [-0.2, -0.15) is 0 Å². The van der Waals surface area contributed by atoms with Crippen molar-refractivity contribution in [1.29, 1.82) is 0 Å². The highest BCUT2D eigenvalue weighted by atomic mass is 79.9. The van der Waals surface area contributed by atoms with E-state index in [1.807, 2.05) is 0 Å². The van der Waals surface area contributed by atoms with Gasteiger partial charge in [0.25, 0.3) is 0 Å². The lowest BCUT2D eigenvalue weighted by Crippen LogP contribution is -2.41. The molecule has 0 saturated heterocycles. The average molecular weight is 392 g/mol. The summed E-state index contributed by atoms with van der Waals surface area (Å²) in [5.41, 5.74) is 5.49. The molecule has 0 bridgehead atoms. The number of hydrogen-bond acceptors (Lipinski definition) is 3. The van der Waals surface area contributed by atoms with Crippen molar-refractivity contribution in [2.45, 2.75) is 23.8 Å². The molecule has 3 N–H and O–H groups in total. The van der Waals surface area contributed by atoms with Crippen molar-refractivity contribution in [3.63, 3.8) is 0 Å². The Morgan fingerprint density at radius 1 is 1.35 bits per heavy atom. The Balaban J connectivity index is 0.00000200. The van der Waals surface area contributed by atoms with Crippen molar-refractivity contribution < 1.29 is 17.2 Å². The molecule has 1 fully saturated rings. The Hall–Kier alpha value is -0.280. The summed E-state index contributed by atoms with van der Waals surface area (Å²) in [7, 11) is -4.11. The third kappa shape index (κ3) is 3.88. The smallest absolute Gasteiger partial charge is 0.243 e. The van der Waals surface area contributed by atoms with E-state index in [0.717, 1.165) is 18.9 Å². The molecule has 1 aliphatic rings. The van der Waals surface area contributed by atoms with Crippen LogP contribution in [0.25, 0.3) is 0 Å². The molecule has 0 aromatic heterocycles. The maximum absolute atomic E-state index is 13.7. The fourth-order valence-electron chi connectivity index (χ4n) is 1.81. The number of benzene rings is 1. The highest BCUT2D eigenvalue weighted by Crippen LogP contribution is 2.33. The predicted molar refractivity (Wildman–Crippen MR) is 77.2 cm³/mol. The van der Waals surface area contributed by atoms with Crippen LogP contribution >= 0.6 is 28.3 Å². The summed E-state index contributed by atoms with van der Waals surface area (Å²) in [6.45, 7) is 0.129. The van der Waals surface area contributed by atoms with Gasteiger partial charge in [0.15, 0.2) is 0 Å². The van der Waals surface area contributed by atoms with Gasteiger partial charge in [-0.05, 0) is 46.8 Å². The quantitative estimate of drug-likeness (QED) is 0.756. The first-order valence-electron chi connectivity index (χ1n) is 5.72. The fraction of sp³-hybridized carbons (Fsp3) is 0.455. The molecular formula is C11H14BrClF2N2O2S. The van der Waals surface area contributed by atoms with Crippen molar-refractivity contribution in [3.8, 4) is 0 Å². The van der Waals surface area contributed by atoms with Crippen LogP contribution in [0.1, 0.15) is 12.8 Å². The average Bonchev–Trinajstić information content (AvgIpc) is 3.14. The van der Waals surface area contributed by atoms with Gasteiger partial charge in [-0.3, -0.25) is 0 Å². The number of rotatable bonds is 5. The van der Waals surface area contributed by atoms with Gasteiger partial charge in [-0.1, -0.05) is 0 Å². The second kappa shape index (κ2) is 6.65. The molecule has 9 heteroatoms. The van der Waals surface area contributed by atoms with E-state index in [1.165, 1.54) is 0 Å². The van der Waals surface area contributed by atoms with Crippen LogP contribution in [-0.2, 0) is 10.0 Å². The van der Waals surface area contributed by atoms with E-state index in [1.54, 1.807) is 0 Å². The van der Waals surface area contributed by atoms with E-state index in [4.69, 9.17) is 5.73 Å². The molecule has 0 spiro atoms. The van der Waals surface area contributed by atoms with Crippen molar-refractivity contribution in [2.75, 3.05) is 6.54 Å².